The number of rotatable bonds is 3. The molecule has 0 saturated heterocycles. The van der Waals surface area contributed by atoms with Gasteiger partial charge in [0.2, 0.25) is 0 Å². The molecule has 0 aliphatic heterocycles. The van der Waals surface area contributed by atoms with Gasteiger partial charge in [0.25, 0.3) is 0 Å². The van der Waals surface area contributed by atoms with Crippen LogP contribution in [0, 0.1) is 11.3 Å². The van der Waals surface area contributed by atoms with E-state index in [1.807, 2.05) is 24.3 Å². The van der Waals surface area contributed by atoms with Gasteiger partial charge in [0.1, 0.15) is 0 Å². The first kappa shape index (κ1) is 11.9. The molecule has 1 saturated carbocycles. The fourth-order valence-electron chi connectivity index (χ4n) is 2.86. The average molecular weight is 240 g/mol. The molecule has 1 atom stereocenters. The van der Waals surface area contributed by atoms with Gasteiger partial charge in [-0.15, -0.1) is 0 Å². The summed E-state index contributed by atoms with van der Waals surface area (Å²) in [5.74, 6) is 0.653. The van der Waals surface area contributed by atoms with E-state index in [-0.39, 0.29) is 5.41 Å². The number of hydrogen-bond acceptors (Lipinski definition) is 2. The zero-order valence-electron chi connectivity index (χ0n) is 9.49. The Labute approximate surface area is 101 Å². The summed E-state index contributed by atoms with van der Waals surface area (Å²) >= 11 is 6.10. The SMILES string of the molecule is CC1CC(CN)([C@H](O)c2ccccc2Cl)C1. The van der Waals surface area contributed by atoms with Gasteiger partial charge in [-0.2, -0.15) is 0 Å². The minimum absolute atomic E-state index is 0.162. The molecule has 0 unspecified atom stereocenters. The lowest BCUT2D eigenvalue weighted by molar-refractivity contribution is -0.0601. The van der Waals surface area contributed by atoms with Crippen LogP contribution >= 0.6 is 11.6 Å². The highest BCUT2D eigenvalue weighted by Gasteiger charge is 2.47. The number of aliphatic hydroxyl groups excluding tert-OH is 1. The molecule has 1 aliphatic carbocycles. The van der Waals surface area contributed by atoms with Crippen LogP contribution in [0.5, 0.6) is 0 Å². The van der Waals surface area contributed by atoms with Crippen molar-refractivity contribution in [1.29, 1.82) is 0 Å². The van der Waals surface area contributed by atoms with Crippen molar-refractivity contribution >= 4 is 11.6 Å². The van der Waals surface area contributed by atoms with Crippen LogP contribution in [0.2, 0.25) is 5.02 Å². The van der Waals surface area contributed by atoms with Crippen LogP contribution < -0.4 is 5.73 Å². The summed E-state index contributed by atoms with van der Waals surface area (Å²) in [5, 5.41) is 11.1. The predicted octanol–water partition coefficient (Wildman–Crippen LogP) is 2.75. The van der Waals surface area contributed by atoms with E-state index in [1.165, 1.54) is 0 Å². The van der Waals surface area contributed by atoms with Gasteiger partial charge in [-0.25, -0.2) is 0 Å². The fraction of sp³-hybridized carbons (Fsp3) is 0.538. The Morgan fingerprint density at radius 3 is 2.62 bits per heavy atom. The highest BCUT2D eigenvalue weighted by Crippen LogP contribution is 2.53. The summed E-state index contributed by atoms with van der Waals surface area (Å²) in [6, 6.07) is 7.47. The Balaban J connectivity index is 2.25. The largest absolute Gasteiger partial charge is 0.388 e. The average Bonchev–Trinajstić information content (AvgIpc) is 2.24. The third-order valence-electron chi connectivity index (χ3n) is 3.70. The maximum absolute atomic E-state index is 10.4. The number of nitrogens with two attached hydrogens (primary N) is 1. The molecule has 2 nitrogen and oxygen atoms in total. The number of benzene rings is 1. The lowest BCUT2D eigenvalue weighted by Gasteiger charge is -2.49. The van der Waals surface area contributed by atoms with Crippen LogP contribution in [-0.4, -0.2) is 11.7 Å². The molecule has 1 aromatic rings. The molecule has 0 amide bonds. The Kier molecular flexibility index (Phi) is 3.24. The molecule has 0 bridgehead atoms. The van der Waals surface area contributed by atoms with Crippen molar-refractivity contribution in [2.45, 2.75) is 25.9 Å². The molecule has 1 aromatic carbocycles. The second kappa shape index (κ2) is 4.36. The predicted molar refractivity (Wildman–Crippen MR) is 66.3 cm³/mol. The molecule has 2 rings (SSSR count). The highest BCUT2D eigenvalue weighted by molar-refractivity contribution is 6.31. The van der Waals surface area contributed by atoms with E-state index in [4.69, 9.17) is 17.3 Å². The van der Waals surface area contributed by atoms with Crippen LogP contribution in [0.4, 0.5) is 0 Å². The summed E-state index contributed by atoms with van der Waals surface area (Å²) in [6.07, 6.45) is 1.42. The maximum Gasteiger partial charge on any atom is 0.0872 e. The minimum atomic E-state index is -0.539. The molecule has 88 valence electrons. The first-order valence-corrected chi connectivity index (χ1v) is 6.09. The lowest BCUT2D eigenvalue weighted by atomic mass is 9.58. The summed E-state index contributed by atoms with van der Waals surface area (Å²) in [7, 11) is 0. The van der Waals surface area contributed by atoms with Gasteiger partial charge in [0.05, 0.1) is 6.10 Å². The van der Waals surface area contributed by atoms with E-state index in [9.17, 15) is 5.11 Å². The van der Waals surface area contributed by atoms with E-state index in [2.05, 4.69) is 6.92 Å². The Morgan fingerprint density at radius 2 is 2.12 bits per heavy atom. The first-order valence-electron chi connectivity index (χ1n) is 5.71. The van der Waals surface area contributed by atoms with Crippen molar-refractivity contribution in [3.05, 3.63) is 34.9 Å². The van der Waals surface area contributed by atoms with Crippen LogP contribution in [0.3, 0.4) is 0 Å². The van der Waals surface area contributed by atoms with Gasteiger partial charge < -0.3 is 10.8 Å². The van der Waals surface area contributed by atoms with Crippen molar-refractivity contribution in [1.82, 2.24) is 0 Å². The molecular formula is C13H18ClNO. The van der Waals surface area contributed by atoms with E-state index in [0.29, 0.717) is 17.5 Å². The van der Waals surface area contributed by atoms with Gasteiger partial charge in [-0.1, -0.05) is 36.7 Å². The summed E-state index contributed by atoms with van der Waals surface area (Å²) < 4.78 is 0. The van der Waals surface area contributed by atoms with Crippen molar-refractivity contribution < 1.29 is 5.11 Å². The Hall–Kier alpha value is -0.570. The van der Waals surface area contributed by atoms with E-state index < -0.39 is 6.10 Å². The molecular weight excluding hydrogens is 222 g/mol. The van der Waals surface area contributed by atoms with Crippen LogP contribution in [0.1, 0.15) is 31.4 Å². The van der Waals surface area contributed by atoms with Gasteiger partial charge in [-0.3, -0.25) is 0 Å². The third-order valence-corrected chi connectivity index (χ3v) is 4.04. The van der Waals surface area contributed by atoms with Crippen LogP contribution in [0.25, 0.3) is 0 Å². The quantitative estimate of drug-likeness (QED) is 0.852. The second-order valence-corrected chi connectivity index (χ2v) is 5.41. The van der Waals surface area contributed by atoms with Gasteiger partial charge in [0.15, 0.2) is 0 Å². The molecule has 3 N–H and O–H groups in total. The molecule has 0 spiro atoms. The number of halogens is 1. The Bertz CT molecular complexity index is 374. The summed E-state index contributed by atoms with van der Waals surface area (Å²) in [6.45, 7) is 2.71. The minimum Gasteiger partial charge on any atom is -0.388 e. The van der Waals surface area contributed by atoms with Crippen molar-refractivity contribution in [3.8, 4) is 0 Å². The van der Waals surface area contributed by atoms with Gasteiger partial charge in [-0.05, 0) is 30.4 Å². The van der Waals surface area contributed by atoms with E-state index >= 15 is 0 Å². The molecule has 0 heterocycles. The summed E-state index contributed by atoms with van der Waals surface area (Å²) in [5.41, 5.74) is 6.46. The Morgan fingerprint density at radius 1 is 1.50 bits per heavy atom. The fourth-order valence-corrected chi connectivity index (χ4v) is 3.10. The van der Waals surface area contributed by atoms with Crippen molar-refractivity contribution in [2.75, 3.05) is 6.54 Å². The van der Waals surface area contributed by atoms with E-state index in [0.717, 1.165) is 18.4 Å². The van der Waals surface area contributed by atoms with Crippen LogP contribution in [0.15, 0.2) is 24.3 Å². The zero-order valence-corrected chi connectivity index (χ0v) is 10.2. The normalized spacial score (nSPS) is 30.9. The molecule has 1 fully saturated rings. The lowest BCUT2D eigenvalue weighted by Crippen LogP contribution is -2.46. The van der Waals surface area contributed by atoms with Gasteiger partial charge in [0, 0.05) is 17.0 Å². The van der Waals surface area contributed by atoms with Crippen molar-refractivity contribution in [2.24, 2.45) is 17.1 Å². The topological polar surface area (TPSA) is 46.2 Å². The second-order valence-electron chi connectivity index (χ2n) is 5.00. The highest BCUT2D eigenvalue weighted by atomic mass is 35.5. The summed E-state index contributed by atoms with van der Waals surface area (Å²) in [4.78, 5) is 0. The van der Waals surface area contributed by atoms with Crippen LogP contribution in [-0.2, 0) is 0 Å². The molecule has 0 radical (unpaired) electrons. The molecule has 1 aliphatic rings. The molecule has 3 heteroatoms. The maximum atomic E-state index is 10.4. The monoisotopic (exact) mass is 239 g/mol. The van der Waals surface area contributed by atoms with Gasteiger partial charge >= 0.3 is 0 Å². The molecule has 16 heavy (non-hydrogen) atoms. The first-order chi connectivity index (χ1) is 7.59. The van der Waals surface area contributed by atoms with Crippen molar-refractivity contribution in [3.63, 3.8) is 0 Å². The van der Waals surface area contributed by atoms with E-state index in [1.54, 1.807) is 0 Å². The third kappa shape index (κ3) is 1.86. The zero-order chi connectivity index (χ0) is 11.8. The number of hydrogen-bond donors (Lipinski definition) is 2. The standard InChI is InChI=1S/C13H18ClNO/c1-9-6-13(7-9,8-15)12(16)10-4-2-3-5-11(10)14/h2-5,9,12,16H,6-8,15H2,1H3/t9?,12-,13?/m1/s1. The smallest absolute Gasteiger partial charge is 0.0872 e. The number of aliphatic hydroxyl groups is 1. The molecule has 0 aromatic heterocycles.